The zero-order valence-electron chi connectivity index (χ0n) is 24.2. The molecule has 0 bridgehead atoms. The largest absolute Gasteiger partial charge is 0.461 e. The molecule has 39 heavy (non-hydrogen) atoms. The Kier molecular flexibility index (Phi) is 10.5. The lowest BCUT2D eigenvalue weighted by molar-refractivity contribution is -0.159. The fourth-order valence-electron chi connectivity index (χ4n) is 4.15. The van der Waals surface area contributed by atoms with Crippen LogP contribution in [-0.4, -0.2) is 55.3 Å². The lowest BCUT2D eigenvalue weighted by Crippen LogP contribution is -2.48. The summed E-state index contributed by atoms with van der Waals surface area (Å²) in [4.78, 5) is 25.4. The van der Waals surface area contributed by atoms with Crippen molar-refractivity contribution in [1.29, 1.82) is 0 Å². The van der Waals surface area contributed by atoms with Gasteiger partial charge in [0.1, 0.15) is 29.8 Å². The molecule has 0 amide bonds. The summed E-state index contributed by atoms with van der Waals surface area (Å²) in [7, 11) is -3.80. The van der Waals surface area contributed by atoms with Crippen LogP contribution in [0.5, 0.6) is 0 Å². The lowest BCUT2D eigenvalue weighted by atomic mass is 9.96. The van der Waals surface area contributed by atoms with Crippen molar-refractivity contribution in [3.63, 3.8) is 0 Å². The molecule has 0 aliphatic heterocycles. The number of nitrogen functional groups attached to an aromatic ring is 1. The van der Waals surface area contributed by atoms with Gasteiger partial charge in [0.15, 0.2) is 11.5 Å². The molecule has 0 spiro atoms. The predicted molar refractivity (Wildman–Crippen MR) is 151 cm³/mol. The van der Waals surface area contributed by atoms with Crippen LogP contribution in [0.3, 0.4) is 0 Å². The van der Waals surface area contributed by atoms with Gasteiger partial charge in [-0.15, -0.1) is 0 Å². The smallest absolute Gasteiger partial charge is 0.365 e. The number of carbonyl (C=O) groups is 1. The monoisotopic (exact) mass is 565 g/mol. The quantitative estimate of drug-likeness (QED) is 0.132. The van der Waals surface area contributed by atoms with Gasteiger partial charge < -0.3 is 24.4 Å². The molecule has 218 valence electrons. The number of aromatic nitrogens is 4. The van der Waals surface area contributed by atoms with Crippen LogP contribution < -0.4 is 10.8 Å². The number of nitrogens with zero attached hydrogens (tertiary/aromatic N) is 5. The maximum absolute atomic E-state index is 14.1. The average Bonchev–Trinajstić information content (AvgIpc) is 3.21. The Balaban J connectivity index is 1.76. The third kappa shape index (κ3) is 8.98. The van der Waals surface area contributed by atoms with Crippen LogP contribution >= 0.6 is 7.52 Å². The van der Waals surface area contributed by atoms with E-state index in [4.69, 9.17) is 19.8 Å². The molecule has 1 aliphatic rings. The van der Waals surface area contributed by atoms with Crippen molar-refractivity contribution < 1.29 is 23.5 Å². The molecule has 1 fully saturated rings. The molecule has 13 heteroatoms. The Hall–Kier alpha value is -2.56. The van der Waals surface area contributed by atoms with Gasteiger partial charge in [0.25, 0.3) is 0 Å². The van der Waals surface area contributed by atoms with Crippen LogP contribution in [0, 0.1) is 11.8 Å². The number of anilines is 1. The molecule has 0 radical (unpaired) electrons. The highest BCUT2D eigenvalue weighted by Gasteiger charge is 2.41. The third-order valence-electron chi connectivity index (χ3n) is 6.29. The Morgan fingerprint density at radius 3 is 2.44 bits per heavy atom. The number of imidazole rings is 1. The van der Waals surface area contributed by atoms with Gasteiger partial charge in [-0.05, 0) is 64.7 Å². The second-order valence-electron chi connectivity index (χ2n) is 11.7. The maximum Gasteiger partial charge on any atom is 0.365 e. The molecule has 12 nitrogen and oxygen atoms in total. The Morgan fingerprint density at radius 1 is 1.18 bits per heavy atom. The number of esters is 1. The van der Waals surface area contributed by atoms with E-state index >= 15 is 0 Å². The number of nitrogens with one attached hydrogen (secondary N) is 1. The first-order valence-corrected chi connectivity index (χ1v) is 15.5. The zero-order valence-corrected chi connectivity index (χ0v) is 25.1. The van der Waals surface area contributed by atoms with E-state index in [-0.39, 0.29) is 12.5 Å². The highest BCUT2D eigenvalue weighted by molar-refractivity contribution is 7.56. The molecule has 1 unspecified atom stereocenters. The van der Waals surface area contributed by atoms with E-state index < -0.39 is 25.1 Å². The number of fused-ring (bicyclic) bond motifs is 1. The normalized spacial score (nSPS) is 16.6. The molecule has 2 heterocycles. The van der Waals surface area contributed by atoms with Crippen molar-refractivity contribution in [3.05, 3.63) is 12.7 Å². The van der Waals surface area contributed by atoms with Gasteiger partial charge in [0.2, 0.25) is 0 Å². The Labute approximate surface area is 231 Å². The van der Waals surface area contributed by atoms with Crippen LogP contribution in [0.2, 0.25) is 0 Å². The Bertz CT molecular complexity index is 1180. The molecule has 1 saturated carbocycles. The van der Waals surface area contributed by atoms with Crippen LogP contribution in [0.25, 0.3) is 11.2 Å². The first kappa shape index (κ1) is 31.0. The summed E-state index contributed by atoms with van der Waals surface area (Å²) in [6.07, 6.45) is 6.31. The van der Waals surface area contributed by atoms with E-state index in [1.807, 2.05) is 6.92 Å². The van der Waals surface area contributed by atoms with Gasteiger partial charge >= 0.3 is 13.5 Å². The number of hydrogen-bond acceptors (Lipinski definition) is 10. The second kappa shape index (κ2) is 13.2. The summed E-state index contributed by atoms with van der Waals surface area (Å²) < 4.78 is 33.2. The van der Waals surface area contributed by atoms with Gasteiger partial charge in [-0.3, -0.25) is 9.36 Å². The van der Waals surface area contributed by atoms with E-state index in [0.717, 1.165) is 25.0 Å². The summed E-state index contributed by atoms with van der Waals surface area (Å²) in [6, 6.07) is 0. The highest BCUT2D eigenvalue weighted by Crippen LogP contribution is 2.46. The molecular weight excluding hydrogens is 521 g/mol. The van der Waals surface area contributed by atoms with Gasteiger partial charge in [-0.2, -0.15) is 0 Å². The minimum Gasteiger partial charge on any atom is -0.461 e. The van der Waals surface area contributed by atoms with Crippen molar-refractivity contribution in [1.82, 2.24) is 24.6 Å². The van der Waals surface area contributed by atoms with Crippen LogP contribution in [-0.2, 0) is 30.0 Å². The Morgan fingerprint density at radius 2 is 1.85 bits per heavy atom. The van der Waals surface area contributed by atoms with Crippen molar-refractivity contribution in [3.8, 4) is 0 Å². The summed E-state index contributed by atoms with van der Waals surface area (Å²) in [5.41, 5.74) is 6.50. The van der Waals surface area contributed by atoms with Gasteiger partial charge in [-0.25, -0.2) is 20.0 Å². The molecule has 3 rings (SSSR count). The summed E-state index contributed by atoms with van der Waals surface area (Å²) >= 11 is 0. The minimum atomic E-state index is -3.80. The van der Waals surface area contributed by atoms with Crippen molar-refractivity contribution in [2.24, 2.45) is 17.0 Å². The van der Waals surface area contributed by atoms with E-state index in [1.165, 1.54) is 6.33 Å². The van der Waals surface area contributed by atoms with E-state index in [1.54, 1.807) is 24.7 Å². The topological polar surface area (TPSA) is 156 Å². The van der Waals surface area contributed by atoms with Gasteiger partial charge in [-0.1, -0.05) is 32.9 Å². The SMILES string of the molecule is CC(C)CC(CC(C)C)=NOP(=O)(CO[C@@H](C)Cn1cnc2c(N)ncnc21)NC(C)(C)C(=O)OC1CCC1. The number of oxime groups is 1. The fourth-order valence-corrected chi connectivity index (χ4v) is 5.94. The molecule has 1 aliphatic carbocycles. The molecule has 3 N–H and O–H groups in total. The molecule has 0 saturated heterocycles. The van der Waals surface area contributed by atoms with Crippen molar-refractivity contribution >= 4 is 36.2 Å². The molecule has 2 aromatic heterocycles. The van der Waals surface area contributed by atoms with Crippen LogP contribution in [0.1, 0.15) is 80.6 Å². The standard InChI is InChI=1S/C26H44N7O5P/c1-17(2)11-20(12-18(3)4)31-38-39(35,32-26(6,7)25(34)37-21-9-8-10-21)16-36-19(5)13-33-15-30-22-23(27)28-14-29-24(22)33/h14-15,17-19,21H,8-13,16H2,1-7H3,(H,32,35)(H2,27,28,29)/t19-,39?/m0/s1. The molecule has 2 aromatic rings. The van der Waals surface area contributed by atoms with E-state index in [0.29, 0.717) is 48.2 Å². The van der Waals surface area contributed by atoms with Crippen molar-refractivity contribution in [2.75, 3.05) is 12.1 Å². The van der Waals surface area contributed by atoms with Crippen molar-refractivity contribution in [2.45, 2.75) is 105 Å². The average molecular weight is 566 g/mol. The van der Waals surface area contributed by atoms with Gasteiger partial charge in [0.05, 0.1) is 24.7 Å². The lowest BCUT2D eigenvalue weighted by Gasteiger charge is -2.33. The number of rotatable bonds is 15. The third-order valence-corrected chi connectivity index (χ3v) is 8.02. The summed E-state index contributed by atoms with van der Waals surface area (Å²) in [6.45, 7) is 13.8. The van der Waals surface area contributed by atoms with E-state index in [9.17, 15) is 9.36 Å². The number of carbonyl (C=O) groups excluding carboxylic acids is 1. The molecule has 2 atom stereocenters. The van der Waals surface area contributed by atoms with E-state index in [2.05, 4.69) is 52.9 Å². The molecule has 0 aromatic carbocycles. The summed E-state index contributed by atoms with van der Waals surface area (Å²) in [5.74, 6) is 0.514. The second-order valence-corrected chi connectivity index (χ2v) is 13.7. The summed E-state index contributed by atoms with van der Waals surface area (Å²) in [5, 5.41) is 7.23. The van der Waals surface area contributed by atoms with Crippen LogP contribution in [0.15, 0.2) is 17.8 Å². The predicted octanol–water partition coefficient (Wildman–Crippen LogP) is 4.89. The first-order valence-electron chi connectivity index (χ1n) is 13.6. The first-order chi connectivity index (χ1) is 18.3. The number of nitrogens with two attached hydrogens (primary N) is 1. The highest BCUT2D eigenvalue weighted by atomic mass is 31.2. The van der Waals surface area contributed by atoms with Gasteiger partial charge in [0, 0.05) is 0 Å². The number of hydrogen-bond donors (Lipinski definition) is 2. The zero-order chi connectivity index (χ0) is 28.8. The minimum absolute atomic E-state index is 0.0975. The number of ether oxygens (including phenoxy) is 2. The molecular formula is C26H44N7O5P. The van der Waals surface area contributed by atoms with Crippen LogP contribution in [0.4, 0.5) is 5.82 Å². The fraction of sp³-hybridized carbons (Fsp3) is 0.731. The maximum atomic E-state index is 14.1.